The summed E-state index contributed by atoms with van der Waals surface area (Å²) in [6, 6.07) is 6.79. The molecule has 0 saturated heterocycles. The van der Waals surface area contributed by atoms with E-state index in [9.17, 15) is 9.59 Å². The maximum Gasteiger partial charge on any atom is 0.167 e. The average Bonchev–Trinajstić information content (AvgIpc) is 2.15. The van der Waals surface area contributed by atoms with E-state index < -0.39 is 0 Å². The second-order valence-electron chi connectivity index (χ2n) is 3.07. The maximum atomic E-state index is 11.0. The van der Waals surface area contributed by atoms with E-state index in [1.54, 1.807) is 24.3 Å². The van der Waals surface area contributed by atoms with Crippen LogP contribution in [0.2, 0.25) is 0 Å². The molecule has 74 valence electrons. The molecule has 0 amide bonds. The van der Waals surface area contributed by atoms with Crippen molar-refractivity contribution in [2.24, 2.45) is 0 Å². The third-order valence-corrected chi connectivity index (χ3v) is 1.68. The largest absolute Gasteiger partial charge is 0.486 e. The van der Waals surface area contributed by atoms with Crippen molar-refractivity contribution >= 4 is 11.6 Å². The lowest BCUT2D eigenvalue weighted by Gasteiger charge is -2.04. The topological polar surface area (TPSA) is 43.4 Å². The summed E-state index contributed by atoms with van der Waals surface area (Å²) in [4.78, 5) is 21.7. The van der Waals surface area contributed by atoms with Crippen LogP contribution >= 0.6 is 0 Å². The summed E-state index contributed by atoms with van der Waals surface area (Å²) < 4.78 is 5.16. The fraction of sp³-hybridized carbons (Fsp3) is 0.273. The summed E-state index contributed by atoms with van der Waals surface area (Å²) in [6.45, 7) is 2.99. The van der Waals surface area contributed by atoms with Crippen LogP contribution in [-0.2, 0) is 4.79 Å². The van der Waals surface area contributed by atoms with Gasteiger partial charge in [-0.05, 0) is 26.0 Å². The minimum Gasteiger partial charge on any atom is -0.486 e. The van der Waals surface area contributed by atoms with E-state index in [0.29, 0.717) is 11.3 Å². The molecule has 0 aromatic heterocycles. The number of carbonyl (C=O) groups excluding carboxylic acids is 2. The molecule has 0 saturated carbocycles. The highest BCUT2D eigenvalue weighted by Crippen LogP contribution is 2.13. The average molecular weight is 192 g/mol. The zero-order chi connectivity index (χ0) is 10.6. The molecule has 0 N–H and O–H groups in total. The van der Waals surface area contributed by atoms with E-state index >= 15 is 0 Å². The molecule has 0 spiro atoms. The molecule has 1 rings (SSSR count). The number of hydrogen-bond donors (Lipinski definition) is 0. The van der Waals surface area contributed by atoms with Crippen LogP contribution in [0.1, 0.15) is 24.2 Å². The highest BCUT2D eigenvalue weighted by Gasteiger charge is 2.01. The summed E-state index contributed by atoms with van der Waals surface area (Å²) >= 11 is 0. The van der Waals surface area contributed by atoms with Crippen molar-refractivity contribution in [3.63, 3.8) is 0 Å². The van der Waals surface area contributed by atoms with Crippen molar-refractivity contribution in [1.29, 1.82) is 0 Å². The van der Waals surface area contributed by atoms with Crippen LogP contribution in [-0.4, -0.2) is 18.2 Å². The van der Waals surface area contributed by atoms with E-state index in [4.69, 9.17) is 4.74 Å². The first-order chi connectivity index (χ1) is 6.59. The minimum atomic E-state index is -0.0433. The van der Waals surface area contributed by atoms with E-state index in [1.807, 2.05) is 0 Å². The van der Waals surface area contributed by atoms with Crippen molar-refractivity contribution in [3.8, 4) is 5.75 Å². The molecule has 0 radical (unpaired) electrons. The van der Waals surface area contributed by atoms with Gasteiger partial charge >= 0.3 is 0 Å². The lowest BCUT2D eigenvalue weighted by Crippen LogP contribution is -2.06. The first-order valence-electron chi connectivity index (χ1n) is 4.33. The molecule has 1 aromatic carbocycles. The number of hydrogen-bond acceptors (Lipinski definition) is 3. The van der Waals surface area contributed by atoms with Crippen molar-refractivity contribution in [1.82, 2.24) is 0 Å². The highest BCUT2D eigenvalue weighted by molar-refractivity contribution is 5.94. The van der Waals surface area contributed by atoms with Crippen molar-refractivity contribution in [2.45, 2.75) is 13.8 Å². The van der Waals surface area contributed by atoms with Gasteiger partial charge in [-0.2, -0.15) is 0 Å². The summed E-state index contributed by atoms with van der Waals surface area (Å²) in [5.74, 6) is 0.490. The number of Topliss-reactive ketones (excluding diaryl/α,β-unsaturated/α-hetero) is 2. The molecule has 0 aliphatic heterocycles. The van der Waals surface area contributed by atoms with E-state index in [0.717, 1.165) is 0 Å². The van der Waals surface area contributed by atoms with Crippen molar-refractivity contribution in [2.75, 3.05) is 6.61 Å². The predicted octanol–water partition coefficient (Wildman–Crippen LogP) is 1.86. The van der Waals surface area contributed by atoms with Crippen LogP contribution in [0.25, 0.3) is 0 Å². The lowest BCUT2D eigenvalue weighted by atomic mass is 10.1. The standard InChI is InChI=1S/C11H12O3/c1-8(12)7-14-11-5-3-4-10(6-11)9(2)13/h3-6H,7H2,1-2H3. The van der Waals surface area contributed by atoms with Gasteiger partial charge in [-0.1, -0.05) is 12.1 Å². The van der Waals surface area contributed by atoms with Gasteiger partial charge in [-0.3, -0.25) is 9.59 Å². The lowest BCUT2D eigenvalue weighted by molar-refractivity contribution is -0.118. The number of benzene rings is 1. The fourth-order valence-corrected chi connectivity index (χ4v) is 0.990. The van der Waals surface area contributed by atoms with Crippen LogP contribution in [0.5, 0.6) is 5.75 Å². The van der Waals surface area contributed by atoms with Crippen LogP contribution in [0.4, 0.5) is 0 Å². The van der Waals surface area contributed by atoms with Crippen LogP contribution in [0.15, 0.2) is 24.3 Å². The van der Waals surface area contributed by atoms with Gasteiger partial charge in [0, 0.05) is 5.56 Å². The third-order valence-electron chi connectivity index (χ3n) is 1.68. The van der Waals surface area contributed by atoms with Gasteiger partial charge in [0.2, 0.25) is 0 Å². The van der Waals surface area contributed by atoms with Gasteiger partial charge < -0.3 is 4.74 Å². The van der Waals surface area contributed by atoms with Crippen molar-refractivity contribution < 1.29 is 14.3 Å². The predicted molar refractivity (Wildman–Crippen MR) is 52.6 cm³/mol. The SMILES string of the molecule is CC(=O)COc1cccc(C(C)=O)c1. The molecule has 0 bridgehead atoms. The Morgan fingerprint density at radius 3 is 2.57 bits per heavy atom. The Bertz CT molecular complexity index is 355. The van der Waals surface area contributed by atoms with Crippen LogP contribution < -0.4 is 4.74 Å². The quantitative estimate of drug-likeness (QED) is 0.684. The Hall–Kier alpha value is -1.64. The monoisotopic (exact) mass is 192 g/mol. The Labute approximate surface area is 82.7 Å². The van der Waals surface area contributed by atoms with E-state index in [-0.39, 0.29) is 18.2 Å². The summed E-state index contributed by atoms with van der Waals surface area (Å²) in [5, 5.41) is 0. The summed E-state index contributed by atoms with van der Waals surface area (Å²) in [5.41, 5.74) is 0.589. The van der Waals surface area contributed by atoms with Gasteiger partial charge in [0.05, 0.1) is 0 Å². The zero-order valence-electron chi connectivity index (χ0n) is 8.24. The smallest absolute Gasteiger partial charge is 0.167 e. The normalized spacial score (nSPS) is 9.57. The maximum absolute atomic E-state index is 11.0. The zero-order valence-corrected chi connectivity index (χ0v) is 8.24. The van der Waals surface area contributed by atoms with Crippen molar-refractivity contribution in [3.05, 3.63) is 29.8 Å². The number of rotatable bonds is 4. The molecule has 0 heterocycles. The molecule has 0 aliphatic rings. The van der Waals surface area contributed by atoms with Gasteiger partial charge in [0.15, 0.2) is 11.6 Å². The van der Waals surface area contributed by atoms with Gasteiger partial charge in [-0.15, -0.1) is 0 Å². The Kier molecular flexibility index (Phi) is 3.40. The molecule has 0 unspecified atom stereocenters. The Morgan fingerprint density at radius 2 is 2.00 bits per heavy atom. The molecule has 3 nitrogen and oxygen atoms in total. The Morgan fingerprint density at radius 1 is 1.29 bits per heavy atom. The van der Waals surface area contributed by atoms with Gasteiger partial charge in [0.1, 0.15) is 12.4 Å². The molecule has 0 atom stereocenters. The number of ketones is 2. The van der Waals surface area contributed by atoms with E-state index in [1.165, 1.54) is 13.8 Å². The summed E-state index contributed by atoms with van der Waals surface area (Å²) in [7, 11) is 0. The molecule has 0 aliphatic carbocycles. The first kappa shape index (κ1) is 10.4. The second-order valence-corrected chi connectivity index (χ2v) is 3.07. The molecule has 14 heavy (non-hydrogen) atoms. The molecular weight excluding hydrogens is 180 g/mol. The number of ether oxygens (including phenoxy) is 1. The second kappa shape index (κ2) is 4.56. The molecule has 1 aromatic rings. The Balaban J connectivity index is 2.73. The molecular formula is C11H12O3. The van der Waals surface area contributed by atoms with Crippen LogP contribution in [0.3, 0.4) is 0 Å². The first-order valence-corrected chi connectivity index (χ1v) is 4.33. The highest BCUT2D eigenvalue weighted by atomic mass is 16.5. The molecule has 0 fully saturated rings. The van der Waals surface area contributed by atoms with Gasteiger partial charge in [-0.25, -0.2) is 0 Å². The minimum absolute atomic E-state index is 0.0155. The van der Waals surface area contributed by atoms with Crippen LogP contribution in [0, 0.1) is 0 Å². The fourth-order valence-electron chi connectivity index (χ4n) is 0.990. The van der Waals surface area contributed by atoms with Gasteiger partial charge in [0.25, 0.3) is 0 Å². The van der Waals surface area contributed by atoms with E-state index in [2.05, 4.69) is 0 Å². The number of carbonyl (C=O) groups is 2. The third kappa shape index (κ3) is 3.01. The molecule has 3 heteroatoms. The summed E-state index contributed by atoms with van der Waals surface area (Å²) in [6.07, 6.45) is 0.